The Morgan fingerprint density at radius 3 is 2.41 bits per heavy atom. The fraction of sp³-hybridized carbons (Fsp3) is 0.556. The van der Waals surface area contributed by atoms with Gasteiger partial charge >= 0.3 is 13.6 Å². The summed E-state index contributed by atoms with van der Waals surface area (Å²) >= 11 is 1.29. The van der Waals surface area contributed by atoms with Crippen molar-refractivity contribution in [3.05, 3.63) is 22.0 Å². The number of ether oxygens (including phenoxy) is 1. The Bertz CT molecular complexity index is 803. The van der Waals surface area contributed by atoms with Gasteiger partial charge in [-0.05, 0) is 45.2 Å². The summed E-state index contributed by atoms with van der Waals surface area (Å²) in [7, 11) is -3.52. The molecule has 0 spiro atoms. The number of nitrogens with zero attached hydrogens (tertiary/aromatic N) is 1. The maximum absolute atomic E-state index is 12.9. The fourth-order valence-corrected chi connectivity index (χ4v) is 5.09. The molecule has 0 fully saturated rings. The van der Waals surface area contributed by atoms with E-state index in [2.05, 4.69) is 18.8 Å². The molecule has 2 aromatic rings. The second-order valence-corrected chi connectivity index (χ2v) is 9.12. The Hall–Kier alpha value is -1.47. The van der Waals surface area contributed by atoms with Crippen LogP contribution in [-0.2, 0) is 24.8 Å². The number of thiazole rings is 1. The fourth-order valence-electron chi connectivity index (χ4n) is 2.44. The standard InChI is InChI=1S/C18H26NO6PS/c1-6-22-18(20)17-19-16(14(27-17)11-12(4)5)13-9-10-15(25-13)26(21,23-7-2)24-8-3/h9-10,12H,6-8,11H2,1-5H3. The molecule has 2 rings (SSSR count). The summed E-state index contributed by atoms with van der Waals surface area (Å²) in [5.41, 5.74) is 0.685. The predicted molar refractivity (Wildman–Crippen MR) is 105 cm³/mol. The van der Waals surface area contributed by atoms with Crippen molar-refractivity contribution in [1.29, 1.82) is 0 Å². The van der Waals surface area contributed by atoms with E-state index in [4.69, 9.17) is 18.2 Å². The first-order valence-corrected chi connectivity index (χ1v) is 11.4. The van der Waals surface area contributed by atoms with E-state index in [1.807, 2.05) is 0 Å². The molecule has 0 radical (unpaired) electrons. The second kappa shape index (κ2) is 9.64. The molecule has 7 nitrogen and oxygen atoms in total. The number of rotatable bonds is 10. The Labute approximate surface area is 163 Å². The van der Waals surface area contributed by atoms with Gasteiger partial charge in [0, 0.05) is 4.88 Å². The Morgan fingerprint density at radius 1 is 1.19 bits per heavy atom. The van der Waals surface area contributed by atoms with Gasteiger partial charge < -0.3 is 18.2 Å². The molecule has 2 aromatic heterocycles. The van der Waals surface area contributed by atoms with Gasteiger partial charge in [-0.2, -0.15) is 0 Å². The molecule has 2 heterocycles. The number of furan rings is 1. The zero-order valence-electron chi connectivity index (χ0n) is 16.3. The van der Waals surface area contributed by atoms with E-state index < -0.39 is 13.6 Å². The maximum Gasteiger partial charge on any atom is 0.396 e. The Morgan fingerprint density at radius 2 is 1.85 bits per heavy atom. The minimum atomic E-state index is -3.52. The van der Waals surface area contributed by atoms with Gasteiger partial charge in [0.15, 0.2) is 5.76 Å². The van der Waals surface area contributed by atoms with Gasteiger partial charge in [-0.3, -0.25) is 4.57 Å². The van der Waals surface area contributed by atoms with E-state index in [1.165, 1.54) is 11.3 Å². The molecule has 0 aromatic carbocycles. The van der Waals surface area contributed by atoms with Crippen molar-refractivity contribution in [2.75, 3.05) is 19.8 Å². The zero-order valence-corrected chi connectivity index (χ0v) is 18.0. The second-order valence-electron chi connectivity index (χ2n) is 6.08. The molecule has 27 heavy (non-hydrogen) atoms. The summed E-state index contributed by atoms with van der Waals surface area (Å²) < 4.78 is 34.4. The average molecular weight is 415 g/mol. The summed E-state index contributed by atoms with van der Waals surface area (Å²) in [6.45, 7) is 10.1. The molecule has 0 aliphatic heterocycles. The highest BCUT2D eigenvalue weighted by molar-refractivity contribution is 7.61. The molecule has 0 atom stereocenters. The molecule has 0 aliphatic rings. The smallest absolute Gasteiger partial charge is 0.396 e. The van der Waals surface area contributed by atoms with Crippen LogP contribution in [0.15, 0.2) is 16.5 Å². The molecule has 150 valence electrons. The van der Waals surface area contributed by atoms with E-state index in [9.17, 15) is 9.36 Å². The first kappa shape index (κ1) is 21.8. The highest BCUT2D eigenvalue weighted by Crippen LogP contribution is 2.48. The lowest BCUT2D eigenvalue weighted by atomic mass is 10.1. The molecule has 0 amide bonds. The van der Waals surface area contributed by atoms with E-state index >= 15 is 0 Å². The van der Waals surface area contributed by atoms with Crippen molar-refractivity contribution in [2.24, 2.45) is 5.92 Å². The normalized spacial score (nSPS) is 11.9. The van der Waals surface area contributed by atoms with Crippen molar-refractivity contribution >= 4 is 30.4 Å². The first-order valence-electron chi connectivity index (χ1n) is 9.01. The highest BCUT2D eigenvalue weighted by atomic mass is 32.1. The molecular weight excluding hydrogens is 389 g/mol. The summed E-state index contributed by atoms with van der Waals surface area (Å²) in [6, 6.07) is 3.25. The van der Waals surface area contributed by atoms with Gasteiger partial charge in [0.05, 0.1) is 19.8 Å². The van der Waals surface area contributed by atoms with E-state index in [1.54, 1.807) is 32.9 Å². The topological polar surface area (TPSA) is 87.9 Å². The largest absolute Gasteiger partial charge is 0.461 e. The minimum Gasteiger partial charge on any atom is -0.461 e. The molecular formula is C18H26NO6PS. The number of esters is 1. The van der Waals surface area contributed by atoms with E-state index in [0.29, 0.717) is 17.4 Å². The van der Waals surface area contributed by atoms with Crippen LogP contribution >= 0.6 is 18.9 Å². The van der Waals surface area contributed by atoms with Crippen LogP contribution in [0.1, 0.15) is 49.3 Å². The van der Waals surface area contributed by atoms with Crippen LogP contribution in [0, 0.1) is 5.92 Å². The number of aromatic nitrogens is 1. The lowest BCUT2D eigenvalue weighted by Crippen LogP contribution is -2.08. The summed E-state index contributed by atoms with van der Waals surface area (Å²) in [5, 5.41) is 0.276. The summed E-state index contributed by atoms with van der Waals surface area (Å²) in [6.07, 6.45) is 0.733. The van der Waals surface area contributed by atoms with Crippen LogP contribution in [0.2, 0.25) is 0 Å². The van der Waals surface area contributed by atoms with Gasteiger partial charge in [-0.15, -0.1) is 11.3 Å². The quantitative estimate of drug-likeness (QED) is 0.411. The molecule has 0 saturated carbocycles. The molecule has 0 bridgehead atoms. The van der Waals surface area contributed by atoms with Crippen molar-refractivity contribution in [1.82, 2.24) is 4.98 Å². The lowest BCUT2D eigenvalue weighted by molar-refractivity contribution is 0.0526. The maximum atomic E-state index is 12.9. The highest BCUT2D eigenvalue weighted by Gasteiger charge is 2.32. The third kappa shape index (κ3) is 5.29. The van der Waals surface area contributed by atoms with Crippen LogP contribution in [0.25, 0.3) is 11.5 Å². The third-order valence-electron chi connectivity index (χ3n) is 3.43. The Kier molecular flexibility index (Phi) is 7.79. The van der Waals surface area contributed by atoms with Gasteiger partial charge in [-0.25, -0.2) is 9.78 Å². The monoisotopic (exact) mass is 415 g/mol. The number of hydrogen-bond donors (Lipinski definition) is 0. The molecule has 0 aliphatic carbocycles. The van der Waals surface area contributed by atoms with Crippen LogP contribution in [-0.4, -0.2) is 30.8 Å². The van der Waals surface area contributed by atoms with E-state index in [0.717, 1.165) is 11.3 Å². The zero-order chi connectivity index (χ0) is 20.0. The van der Waals surface area contributed by atoms with Gasteiger partial charge in [0.2, 0.25) is 10.5 Å². The molecule has 9 heteroatoms. The van der Waals surface area contributed by atoms with Crippen LogP contribution < -0.4 is 5.50 Å². The van der Waals surface area contributed by atoms with Gasteiger partial charge in [-0.1, -0.05) is 13.8 Å². The molecule has 0 unspecified atom stereocenters. The van der Waals surface area contributed by atoms with Crippen LogP contribution in [0.4, 0.5) is 0 Å². The van der Waals surface area contributed by atoms with Gasteiger partial charge in [0.25, 0.3) is 0 Å². The number of hydrogen-bond acceptors (Lipinski definition) is 8. The first-order chi connectivity index (χ1) is 12.8. The molecule has 0 saturated heterocycles. The van der Waals surface area contributed by atoms with Crippen LogP contribution in [0.5, 0.6) is 0 Å². The third-order valence-corrected chi connectivity index (χ3v) is 6.47. The van der Waals surface area contributed by atoms with Crippen molar-refractivity contribution in [3.8, 4) is 11.5 Å². The summed E-state index contributed by atoms with van der Waals surface area (Å²) in [5.74, 6) is 0.332. The molecule has 0 N–H and O–H groups in total. The van der Waals surface area contributed by atoms with Crippen molar-refractivity contribution in [2.45, 2.75) is 41.0 Å². The van der Waals surface area contributed by atoms with Crippen LogP contribution in [0.3, 0.4) is 0 Å². The number of carbonyl (C=O) groups excluding carboxylic acids is 1. The minimum absolute atomic E-state index is 0.127. The predicted octanol–water partition coefficient (Wildman–Crippen LogP) is 4.67. The average Bonchev–Trinajstić information content (AvgIpc) is 3.22. The van der Waals surface area contributed by atoms with Crippen molar-refractivity contribution in [3.63, 3.8) is 0 Å². The summed E-state index contributed by atoms with van der Waals surface area (Å²) in [4.78, 5) is 17.4. The lowest BCUT2D eigenvalue weighted by Gasteiger charge is -2.13. The van der Waals surface area contributed by atoms with Gasteiger partial charge in [0.1, 0.15) is 5.69 Å². The Balaban J connectivity index is 2.43. The SMILES string of the molecule is CCOC(=O)c1nc(-c2ccc(P(=O)(OCC)OCC)o2)c(CC(C)C)s1. The van der Waals surface area contributed by atoms with Crippen molar-refractivity contribution < 1.29 is 27.6 Å². The number of carbonyl (C=O) groups is 1. The van der Waals surface area contributed by atoms with E-state index in [-0.39, 0.29) is 30.3 Å².